The van der Waals surface area contributed by atoms with Crippen molar-refractivity contribution in [3.8, 4) is 6.07 Å². The summed E-state index contributed by atoms with van der Waals surface area (Å²) in [5.74, 6) is 0. The van der Waals surface area contributed by atoms with Crippen LogP contribution < -0.4 is 0 Å². The Kier molecular flexibility index (Phi) is 0.736. The molecule has 0 saturated heterocycles. The minimum absolute atomic E-state index is 0.0148. The first-order valence-corrected chi connectivity index (χ1v) is 2.07. The van der Waals surface area contributed by atoms with Gasteiger partial charge in [0.2, 0.25) is 0 Å². The fourth-order valence-corrected chi connectivity index (χ4v) is 0.348. The Balaban J connectivity index is 3.31. The predicted octanol–water partition coefficient (Wildman–Crippen LogP) is 0.953. The quantitative estimate of drug-likeness (QED) is 0.493. The summed E-state index contributed by atoms with van der Waals surface area (Å²) >= 11 is 0. The van der Waals surface area contributed by atoms with Crippen molar-refractivity contribution in [2.75, 3.05) is 0 Å². The second kappa shape index (κ2) is 2.08. The van der Waals surface area contributed by atoms with Gasteiger partial charge in [-0.2, -0.15) is 5.26 Å². The molecule has 0 atom stereocenters. The van der Waals surface area contributed by atoms with Gasteiger partial charge in [0.25, 0.3) is 0 Å². The van der Waals surface area contributed by atoms with E-state index in [9.17, 15) is 0 Å². The Morgan fingerprint density at radius 2 is 2.75 bits per heavy atom. The maximum absolute atomic E-state index is 8.35. The number of nitrogens with zero attached hydrogens (tertiary/aromatic N) is 2. The maximum Gasteiger partial charge on any atom is 0.101 e. The van der Waals surface area contributed by atoms with Crippen LogP contribution in [0.25, 0.3) is 0 Å². The van der Waals surface area contributed by atoms with Gasteiger partial charge in [0, 0.05) is 12.4 Å². The highest BCUT2D eigenvalue weighted by molar-refractivity contribution is 5.23. The summed E-state index contributed by atoms with van der Waals surface area (Å²) < 4.78 is 14.2. The van der Waals surface area contributed by atoms with Crippen LogP contribution in [0.2, 0.25) is 0 Å². The third-order valence-corrected chi connectivity index (χ3v) is 0.670. The van der Waals surface area contributed by atoms with E-state index in [1.807, 2.05) is 0 Å². The lowest BCUT2D eigenvalue weighted by Crippen LogP contribution is -1.72. The Morgan fingerprint density at radius 1 is 1.88 bits per heavy atom. The highest BCUT2D eigenvalue weighted by Gasteiger charge is 1.80. The van der Waals surface area contributed by atoms with Crippen molar-refractivity contribution < 1.29 is 2.74 Å². The van der Waals surface area contributed by atoms with Crippen LogP contribution in [-0.4, -0.2) is 4.98 Å². The van der Waals surface area contributed by atoms with Crippen molar-refractivity contribution in [1.29, 1.82) is 5.26 Å². The van der Waals surface area contributed by atoms with E-state index in [0.717, 1.165) is 0 Å². The van der Waals surface area contributed by atoms with Crippen LogP contribution in [0.4, 0.5) is 0 Å². The molecule has 0 N–H and O–H groups in total. The van der Waals surface area contributed by atoms with Gasteiger partial charge in [-0.3, -0.25) is 4.98 Å². The highest BCUT2D eigenvalue weighted by Crippen LogP contribution is 1.89. The van der Waals surface area contributed by atoms with E-state index in [1.54, 1.807) is 6.07 Å². The molecule has 0 fully saturated rings. The summed E-state index contributed by atoms with van der Waals surface area (Å²) in [7, 11) is 0. The summed E-state index contributed by atoms with van der Waals surface area (Å²) in [6, 6.07) is 1.69. The molecule has 2 heteroatoms. The average molecular weight is 106 g/mol. The molecule has 0 aromatic carbocycles. The van der Waals surface area contributed by atoms with Crippen LogP contribution in [0.3, 0.4) is 0 Å². The van der Waals surface area contributed by atoms with Crippen LogP contribution in [0.15, 0.2) is 24.5 Å². The molecule has 0 aliphatic heterocycles. The standard InChI is InChI=1S/C6H4N2/c7-4-6-2-1-3-8-5-6/h1-3,5H/i1D,2D. The van der Waals surface area contributed by atoms with E-state index in [-0.39, 0.29) is 17.6 Å². The zero-order valence-corrected chi connectivity index (χ0v) is 4.05. The van der Waals surface area contributed by atoms with Crippen molar-refractivity contribution in [3.63, 3.8) is 0 Å². The van der Waals surface area contributed by atoms with Crippen LogP contribution in [-0.2, 0) is 0 Å². The van der Waals surface area contributed by atoms with Crippen LogP contribution in [0.1, 0.15) is 8.30 Å². The molecule has 1 rings (SSSR count). The molecule has 0 aliphatic carbocycles. The lowest BCUT2D eigenvalue weighted by atomic mass is 10.3. The van der Waals surface area contributed by atoms with Crippen LogP contribution >= 0.6 is 0 Å². The largest absolute Gasteiger partial charge is 0.263 e. The Labute approximate surface area is 50.2 Å². The molecule has 0 unspecified atom stereocenters. The Hall–Kier alpha value is -1.36. The molecule has 1 aromatic rings. The predicted molar refractivity (Wildman–Crippen MR) is 29.0 cm³/mol. The number of pyridine rings is 1. The molecule has 8 heavy (non-hydrogen) atoms. The van der Waals surface area contributed by atoms with Gasteiger partial charge in [-0.05, 0) is 12.1 Å². The molecule has 0 amide bonds. The fraction of sp³-hybridized carbons (Fsp3) is 0. The van der Waals surface area contributed by atoms with Gasteiger partial charge in [0.05, 0.1) is 8.30 Å². The summed E-state index contributed by atoms with van der Waals surface area (Å²) in [6.45, 7) is 0. The molecule has 0 saturated carbocycles. The zero-order valence-electron chi connectivity index (χ0n) is 6.05. The third kappa shape index (κ3) is 0.824. The first-order valence-electron chi connectivity index (χ1n) is 3.07. The first kappa shape index (κ1) is 2.83. The van der Waals surface area contributed by atoms with Crippen LogP contribution in [0, 0.1) is 11.3 Å². The van der Waals surface area contributed by atoms with Crippen molar-refractivity contribution >= 4 is 0 Å². The molecular formula is C6H4N2. The van der Waals surface area contributed by atoms with Crippen LogP contribution in [0.5, 0.6) is 0 Å². The zero-order chi connectivity index (χ0) is 7.56. The second-order valence-electron chi connectivity index (χ2n) is 1.20. The topological polar surface area (TPSA) is 36.7 Å². The first-order chi connectivity index (χ1) is 4.75. The summed E-state index contributed by atoms with van der Waals surface area (Å²) in [5, 5.41) is 8.35. The number of rotatable bonds is 0. The number of hydrogen-bond acceptors (Lipinski definition) is 2. The monoisotopic (exact) mass is 106 g/mol. The van der Waals surface area contributed by atoms with E-state index in [2.05, 4.69) is 4.98 Å². The molecular weight excluding hydrogens is 100 g/mol. The molecule has 0 spiro atoms. The van der Waals surface area contributed by atoms with Gasteiger partial charge in [-0.15, -0.1) is 0 Å². The lowest BCUT2D eigenvalue weighted by Gasteiger charge is -1.79. The minimum Gasteiger partial charge on any atom is -0.263 e. The normalized spacial score (nSPS) is 11.4. The van der Waals surface area contributed by atoms with E-state index in [1.165, 1.54) is 12.4 Å². The summed E-state index contributed by atoms with van der Waals surface area (Å²) in [5.41, 5.74) is 0.146. The molecule has 0 aliphatic rings. The van der Waals surface area contributed by atoms with Gasteiger partial charge in [-0.25, -0.2) is 0 Å². The molecule has 0 radical (unpaired) electrons. The fourth-order valence-electron chi connectivity index (χ4n) is 0.348. The molecule has 38 valence electrons. The van der Waals surface area contributed by atoms with E-state index < -0.39 is 0 Å². The SMILES string of the molecule is [2H]c1cncc(C#N)c1[2H]. The molecule has 0 bridgehead atoms. The van der Waals surface area contributed by atoms with E-state index in [0.29, 0.717) is 0 Å². The van der Waals surface area contributed by atoms with Gasteiger partial charge < -0.3 is 0 Å². The van der Waals surface area contributed by atoms with Gasteiger partial charge >= 0.3 is 0 Å². The number of nitriles is 1. The minimum atomic E-state index is -0.0579. The van der Waals surface area contributed by atoms with Crippen molar-refractivity contribution in [2.45, 2.75) is 0 Å². The van der Waals surface area contributed by atoms with Gasteiger partial charge in [-0.1, -0.05) is 0 Å². The third-order valence-electron chi connectivity index (χ3n) is 0.670. The Morgan fingerprint density at radius 3 is 3.38 bits per heavy atom. The molecule has 1 heterocycles. The van der Waals surface area contributed by atoms with E-state index in [4.69, 9.17) is 8.00 Å². The summed E-state index contributed by atoms with van der Waals surface area (Å²) in [4.78, 5) is 3.59. The summed E-state index contributed by atoms with van der Waals surface area (Å²) in [6.07, 6.45) is 2.52. The van der Waals surface area contributed by atoms with E-state index >= 15 is 0 Å². The Bertz CT molecular complexity index is 290. The highest BCUT2D eigenvalue weighted by atomic mass is 14.6. The average Bonchev–Trinajstić information content (AvgIpc) is 1.95. The number of hydrogen-bond donors (Lipinski definition) is 0. The van der Waals surface area contributed by atoms with Gasteiger partial charge in [0.1, 0.15) is 6.07 Å². The second-order valence-corrected chi connectivity index (χ2v) is 1.20. The van der Waals surface area contributed by atoms with Crippen molar-refractivity contribution in [2.24, 2.45) is 0 Å². The van der Waals surface area contributed by atoms with Crippen molar-refractivity contribution in [1.82, 2.24) is 4.98 Å². The number of aromatic nitrogens is 1. The smallest absolute Gasteiger partial charge is 0.101 e. The molecule has 2 nitrogen and oxygen atoms in total. The maximum atomic E-state index is 8.35. The molecule has 1 aromatic heterocycles. The lowest BCUT2D eigenvalue weighted by molar-refractivity contribution is 1.30. The van der Waals surface area contributed by atoms with Gasteiger partial charge in [0.15, 0.2) is 0 Å². The van der Waals surface area contributed by atoms with Crippen molar-refractivity contribution in [3.05, 3.63) is 30.0 Å².